The molecular formula is C18H23IN2O4. The minimum absolute atomic E-state index is 0. The lowest BCUT2D eigenvalue weighted by atomic mass is 10.3. The molecule has 0 aliphatic rings. The van der Waals surface area contributed by atoms with Gasteiger partial charge in [0.05, 0.1) is 14.2 Å². The van der Waals surface area contributed by atoms with Crippen LogP contribution in [-0.2, 0) is 23.1 Å². The molecule has 0 radical (unpaired) electrons. The van der Waals surface area contributed by atoms with E-state index in [2.05, 4.69) is 6.58 Å². The number of carbonyl (C=O) groups excluding carboxylic acids is 1. The standard InChI is InChI=1S/C18H23N2O4.HI/c1-14(2)18(21)24-17(11-20-10-9-19(3)13-20)12-23-16-7-5-15(22-4)6-8-16;/h5-10,13,17H,1,11-12H2,2-4H3;1H/q+1;/p-1. The molecule has 1 aromatic carbocycles. The van der Waals surface area contributed by atoms with E-state index in [0.29, 0.717) is 17.9 Å². The van der Waals surface area contributed by atoms with Crippen LogP contribution < -0.4 is 38.0 Å². The van der Waals surface area contributed by atoms with Crippen molar-refractivity contribution in [3.63, 3.8) is 0 Å². The molecule has 1 aromatic heterocycles. The van der Waals surface area contributed by atoms with Gasteiger partial charge in [0.2, 0.25) is 6.33 Å². The quantitative estimate of drug-likeness (QED) is 0.218. The monoisotopic (exact) mass is 458 g/mol. The van der Waals surface area contributed by atoms with Crippen molar-refractivity contribution in [3.8, 4) is 11.5 Å². The molecule has 0 fully saturated rings. The van der Waals surface area contributed by atoms with Crippen molar-refractivity contribution in [2.75, 3.05) is 13.7 Å². The Bertz CT molecular complexity index is 697. The van der Waals surface area contributed by atoms with Crippen LogP contribution in [0.4, 0.5) is 0 Å². The van der Waals surface area contributed by atoms with Gasteiger partial charge in [0.1, 0.15) is 37.0 Å². The maximum atomic E-state index is 11.8. The van der Waals surface area contributed by atoms with Gasteiger partial charge in [0, 0.05) is 5.57 Å². The predicted molar refractivity (Wildman–Crippen MR) is 88.8 cm³/mol. The molecule has 0 aliphatic carbocycles. The molecule has 7 heteroatoms. The molecule has 0 N–H and O–H groups in total. The molecule has 2 aromatic rings. The molecule has 6 nitrogen and oxygen atoms in total. The molecule has 25 heavy (non-hydrogen) atoms. The maximum absolute atomic E-state index is 11.8. The van der Waals surface area contributed by atoms with Gasteiger partial charge in [-0.1, -0.05) is 6.58 Å². The normalized spacial score (nSPS) is 11.2. The summed E-state index contributed by atoms with van der Waals surface area (Å²) < 4.78 is 20.2. The number of imidazole rings is 1. The van der Waals surface area contributed by atoms with Crippen LogP contribution >= 0.6 is 0 Å². The summed E-state index contributed by atoms with van der Waals surface area (Å²) in [6.07, 6.45) is 5.31. The predicted octanol–water partition coefficient (Wildman–Crippen LogP) is -1.11. The summed E-state index contributed by atoms with van der Waals surface area (Å²) in [6, 6.07) is 7.25. The Morgan fingerprint density at radius 2 is 1.92 bits per heavy atom. The Balaban J connectivity index is 0.00000312. The first-order valence-corrected chi connectivity index (χ1v) is 7.62. The first-order chi connectivity index (χ1) is 11.5. The SMILES string of the molecule is C=C(C)C(=O)OC(COc1ccc(OC)cc1)Cn1cc[n+](C)c1.[I-]. The fraction of sp³-hybridized carbons (Fsp3) is 0.333. The summed E-state index contributed by atoms with van der Waals surface area (Å²) in [4.78, 5) is 11.8. The van der Waals surface area contributed by atoms with Gasteiger partial charge in [-0.3, -0.25) is 0 Å². The second-order valence-corrected chi connectivity index (χ2v) is 5.57. The lowest BCUT2D eigenvalue weighted by molar-refractivity contribution is -0.671. The van der Waals surface area contributed by atoms with Crippen molar-refractivity contribution in [3.05, 3.63) is 55.1 Å². The third kappa shape index (κ3) is 6.77. The first kappa shape index (κ1) is 21.0. The Morgan fingerprint density at radius 3 is 2.44 bits per heavy atom. The number of carbonyl (C=O) groups is 1. The Kier molecular flexibility index (Phi) is 8.47. The second kappa shape index (κ2) is 10.1. The van der Waals surface area contributed by atoms with E-state index < -0.39 is 12.1 Å². The Morgan fingerprint density at radius 1 is 1.28 bits per heavy atom. The average molecular weight is 458 g/mol. The van der Waals surface area contributed by atoms with Gasteiger partial charge in [0.15, 0.2) is 6.10 Å². The highest BCUT2D eigenvalue weighted by molar-refractivity contribution is 5.87. The fourth-order valence-electron chi connectivity index (χ4n) is 2.08. The Hall–Kier alpha value is -2.03. The van der Waals surface area contributed by atoms with Gasteiger partial charge in [0.25, 0.3) is 0 Å². The molecule has 0 aliphatic heterocycles. The molecule has 2 rings (SSSR count). The van der Waals surface area contributed by atoms with Crippen molar-refractivity contribution < 1.29 is 47.5 Å². The van der Waals surface area contributed by atoms with E-state index in [1.807, 2.05) is 59.2 Å². The van der Waals surface area contributed by atoms with Crippen LogP contribution in [0.5, 0.6) is 11.5 Å². The summed E-state index contributed by atoms with van der Waals surface area (Å²) in [5, 5.41) is 0. The molecule has 0 saturated carbocycles. The third-order valence-electron chi connectivity index (χ3n) is 3.36. The first-order valence-electron chi connectivity index (χ1n) is 7.62. The molecule has 1 heterocycles. The van der Waals surface area contributed by atoms with Crippen LogP contribution in [0.1, 0.15) is 6.92 Å². The average Bonchev–Trinajstić information content (AvgIpc) is 2.97. The number of nitrogens with zero attached hydrogens (tertiary/aromatic N) is 2. The molecular weight excluding hydrogens is 435 g/mol. The summed E-state index contributed by atoms with van der Waals surface area (Å²) >= 11 is 0. The van der Waals surface area contributed by atoms with Gasteiger partial charge in [-0.25, -0.2) is 13.9 Å². The summed E-state index contributed by atoms with van der Waals surface area (Å²) in [5.41, 5.74) is 0.363. The number of halogens is 1. The number of hydrogen-bond acceptors (Lipinski definition) is 4. The van der Waals surface area contributed by atoms with E-state index >= 15 is 0 Å². The van der Waals surface area contributed by atoms with Gasteiger partial charge >= 0.3 is 5.97 Å². The molecule has 0 amide bonds. The molecule has 1 atom stereocenters. The molecule has 0 spiro atoms. The molecule has 0 saturated heterocycles. The Labute approximate surface area is 165 Å². The highest BCUT2D eigenvalue weighted by atomic mass is 127. The zero-order valence-electron chi connectivity index (χ0n) is 14.6. The van der Waals surface area contributed by atoms with Crippen molar-refractivity contribution >= 4 is 5.97 Å². The van der Waals surface area contributed by atoms with E-state index in [0.717, 1.165) is 5.75 Å². The van der Waals surface area contributed by atoms with Gasteiger partial charge in [-0.2, -0.15) is 0 Å². The fourth-order valence-corrected chi connectivity index (χ4v) is 2.08. The third-order valence-corrected chi connectivity index (χ3v) is 3.36. The van der Waals surface area contributed by atoms with Gasteiger partial charge in [-0.05, 0) is 31.2 Å². The summed E-state index contributed by atoms with van der Waals surface area (Å²) in [7, 11) is 3.54. The minimum atomic E-state index is -0.427. The number of methoxy groups -OCH3 is 1. The van der Waals surface area contributed by atoms with E-state index in [-0.39, 0.29) is 30.6 Å². The maximum Gasteiger partial charge on any atom is 0.333 e. The lowest BCUT2D eigenvalue weighted by Crippen LogP contribution is -3.00. The van der Waals surface area contributed by atoms with Crippen LogP contribution in [0.3, 0.4) is 0 Å². The number of aromatic nitrogens is 2. The molecule has 1 unspecified atom stereocenters. The van der Waals surface area contributed by atoms with E-state index in [1.165, 1.54) is 0 Å². The van der Waals surface area contributed by atoms with Gasteiger partial charge < -0.3 is 38.2 Å². The van der Waals surface area contributed by atoms with Gasteiger partial charge in [-0.15, -0.1) is 0 Å². The van der Waals surface area contributed by atoms with Crippen molar-refractivity contribution in [1.29, 1.82) is 0 Å². The number of aryl methyl sites for hydroxylation is 1. The number of rotatable bonds is 8. The summed E-state index contributed by atoms with van der Waals surface area (Å²) in [6.45, 7) is 5.98. The number of ether oxygens (including phenoxy) is 3. The van der Waals surface area contributed by atoms with Crippen LogP contribution in [0.25, 0.3) is 0 Å². The van der Waals surface area contributed by atoms with Crippen LogP contribution in [-0.4, -0.2) is 30.4 Å². The van der Waals surface area contributed by atoms with Crippen molar-refractivity contribution in [1.82, 2.24) is 4.57 Å². The highest BCUT2D eigenvalue weighted by Gasteiger charge is 2.19. The van der Waals surface area contributed by atoms with E-state index in [9.17, 15) is 4.79 Å². The van der Waals surface area contributed by atoms with Crippen LogP contribution in [0, 0.1) is 0 Å². The topological polar surface area (TPSA) is 53.6 Å². The summed E-state index contributed by atoms with van der Waals surface area (Å²) in [5.74, 6) is 1.02. The zero-order chi connectivity index (χ0) is 17.5. The van der Waals surface area contributed by atoms with E-state index in [1.54, 1.807) is 14.0 Å². The van der Waals surface area contributed by atoms with Crippen LogP contribution in [0.2, 0.25) is 0 Å². The van der Waals surface area contributed by atoms with Crippen molar-refractivity contribution in [2.24, 2.45) is 7.05 Å². The lowest BCUT2D eigenvalue weighted by Gasteiger charge is -2.17. The zero-order valence-corrected chi connectivity index (χ0v) is 16.8. The van der Waals surface area contributed by atoms with E-state index in [4.69, 9.17) is 14.2 Å². The number of benzene rings is 1. The van der Waals surface area contributed by atoms with Crippen molar-refractivity contribution in [2.45, 2.75) is 19.6 Å². The second-order valence-electron chi connectivity index (χ2n) is 5.57. The minimum Gasteiger partial charge on any atom is -1.00 e. The smallest absolute Gasteiger partial charge is 0.333 e. The largest absolute Gasteiger partial charge is 1.00 e. The number of esters is 1. The number of hydrogen-bond donors (Lipinski definition) is 0. The molecule has 136 valence electrons. The van der Waals surface area contributed by atoms with Crippen LogP contribution in [0.15, 0.2) is 55.1 Å². The highest BCUT2D eigenvalue weighted by Crippen LogP contribution is 2.17. The molecule has 0 bridgehead atoms.